The Morgan fingerprint density at radius 3 is 2.95 bits per heavy atom. The van der Waals surface area contributed by atoms with Gasteiger partial charge in [-0.3, -0.25) is 0 Å². The first-order chi connectivity index (χ1) is 9.16. The van der Waals surface area contributed by atoms with Gasteiger partial charge in [0.05, 0.1) is 0 Å². The zero-order valence-electron chi connectivity index (χ0n) is 10.3. The van der Waals surface area contributed by atoms with E-state index in [1.807, 2.05) is 18.2 Å². The lowest BCUT2D eigenvalue weighted by Gasteiger charge is -2.22. The molecular weight excluding hydrogens is 244 g/mol. The average molecular weight is 258 g/mol. The lowest BCUT2D eigenvalue weighted by Crippen LogP contribution is -2.36. The van der Waals surface area contributed by atoms with Crippen LogP contribution in [-0.2, 0) is 4.79 Å². The Bertz CT molecular complexity index is 642. The van der Waals surface area contributed by atoms with Gasteiger partial charge in [0.25, 0.3) is 0 Å². The molecule has 5 nitrogen and oxygen atoms in total. The van der Waals surface area contributed by atoms with Crippen molar-refractivity contribution in [2.75, 3.05) is 11.4 Å². The number of aliphatic carboxylic acids is 1. The number of para-hydroxylation sites is 1. The first-order valence-electron chi connectivity index (χ1n) is 6.25. The van der Waals surface area contributed by atoms with Gasteiger partial charge in [-0.25, -0.2) is 9.78 Å². The molecule has 1 aliphatic heterocycles. The number of anilines is 1. The fourth-order valence-electron chi connectivity index (χ4n) is 2.58. The summed E-state index contributed by atoms with van der Waals surface area (Å²) in [4.78, 5) is 17.4. The summed E-state index contributed by atoms with van der Waals surface area (Å²) in [5, 5.41) is 19.9. The molecule has 5 heteroatoms. The highest BCUT2D eigenvalue weighted by Gasteiger charge is 2.31. The number of rotatable bonds is 2. The van der Waals surface area contributed by atoms with Crippen molar-refractivity contribution >= 4 is 22.7 Å². The normalized spacial score (nSPS) is 18.9. The van der Waals surface area contributed by atoms with Gasteiger partial charge >= 0.3 is 5.97 Å². The highest BCUT2D eigenvalue weighted by atomic mass is 16.4. The molecule has 0 aliphatic carbocycles. The number of fused-ring (bicyclic) bond motifs is 1. The van der Waals surface area contributed by atoms with E-state index in [1.165, 1.54) is 0 Å². The Morgan fingerprint density at radius 1 is 1.32 bits per heavy atom. The summed E-state index contributed by atoms with van der Waals surface area (Å²) < 4.78 is 0. The van der Waals surface area contributed by atoms with Crippen LogP contribution in [0.5, 0.6) is 5.75 Å². The molecule has 2 aromatic rings. The topological polar surface area (TPSA) is 73.7 Å². The lowest BCUT2D eigenvalue weighted by molar-refractivity contribution is -0.138. The molecule has 0 amide bonds. The number of carboxylic acids is 1. The Labute approximate surface area is 110 Å². The first-order valence-corrected chi connectivity index (χ1v) is 6.25. The van der Waals surface area contributed by atoms with Crippen molar-refractivity contribution in [3.05, 3.63) is 30.3 Å². The fraction of sp³-hybridized carbons (Fsp3) is 0.286. The van der Waals surface area contributed by atoms with Gasteiger partial charge in [-0.2, -0.15) is 0 Å². The molecule has 1 unspecified atom stereocenters. The Hall–Kier alpha value is -2.30. The number of carboxylic acid groups (broad SMARTS) is 1. The highest BCUT2D eigenvalue weighted by Crippen LogP contribution is 2.29. The second-order valence-electron chi connectivity index (χ2n) is 4.71. The van der Waals surface area contributed by atoms with Gasteiger partial charge in [0.15, 0.2) is 0 Å². The van der Waals surface area contributed by atoms with Crippen LogP contribution in [0.3, 0.4) is 0 Å². The van der Waals surface area contributed by atoms with Crippen molar-refractivity contribution in [1.82, 2.24) is 4.98 Å². The SMILES string of the molecule is O=C(O)C1CCCN1c1ccc2cccc(O)c2n1. The van der Waals surface area contributed by atoms with Crippen molar-refractivity contribution in [1.29, 1.82) is 0 Å². The Balaban J connectivity index is 2.06. The van der Waals surface area contributed by atoms with Crippen molar-refractivity contribution < 1.29 is 15.0 Å². The van der Waals surface area contributed by atoms with Crippen LogP contribution >= 0.6 is 0 Å². The van der Waals surface area contributed by atoms with Crippen LogP contribution in [0.15, 0.2) is 30.3 Å². The summed E-state index contributed by atoms with van der Waals surface area (Å²) in [6, 6.07) is 8.35. The monoisotopic (exact) mass is 258 g/mol. The maximum absolute atomic E-state index is 11.2. The molecule has 98 valence electrons. The maximum Gasteiger partial charge on any atom is 0.326 e. The largest absolute Gasteiger partial charge is 0.506 e. The summed E-state index contributed by atoms with van der Waals surface area (Å²) in [6.45, 7) is 0.684. The molecule has 19 heavy (non-hydrogen) atoms. The standard InChI is InChI=1S/C14H14N2O3/c17-11-5-1-3-9-6-7-12(15-13(9)11)16-8-2-4-10(16)14(18)19/h1,3,5-7,10,17H,2,4,8H2,(H,18,19). The van der Waals surface area contributed by atoms with E-state index in [0.717, 1.165) is 11.8 Å². The number of phenolic OH excluding ortho intramolecular Hbond substituents is 1. The zero-order valence-corrected chi connectivity index (χ0v) is 10.3. The number of carbonyl (C=O) groups is 1. The number of phenols is 1. The molecule has 2 N–H and O–H groups in total. The number of pyridine rings is 1. The predicted octanol–water partition coefficient (Wildman–Crippen LogP) is 1.99. The van der Waals surface area contributed by atoms with Gasteiger partial charge in [0.2, 0.25) is 0 Å². The van der Waals surface area contributed by atoms with E-state index in [4.69, 9.17) is 0 Å². The van der Waals surface area contributed by atoms with Gasteiger partial charge in [-0.05, 0) is 31.0 Å². The smallest absolute Gasteiger partial charge is 0.326 e. The van der Waals surface area contributed by atoms with Crippen molar-refractivity contribution in [2.45, 2.75) is 18.9 Å². The number of aromatic nitrogens is 1. The third-order valence-corrected chi connectivity index (χ3v) is 3.52. The van der Waals surface area contributed by atoms with E-state index in [-0.39, 0.29) is 5.75 Å². The minimum absolute atomic E-state index is 0.116. The minimum atomic E-state index is -0.823. The fourth-order valence-corrected chi connectivity index (χ4v) is 2.58. The average Bonchev–Trinajstić information content (AvgIpc) is 2.88. The van der Waals surface area contributed by atoms with Crippen LogP contribution in [0.4, 0.5) is 5.82 Å². The number of hydrogen-bond donors (Lipinski definition) is 2. The van der Waals surface area contributed by atoms with Gasteiger partial charge < -0.3 is 15.1 Å². The summed E-state index contributed by atoms with van der Waals surface area (Å²) in [6.07, 6.45) is 1.48. The Morgan fingerprint density at radius 2 is 2.16 bits per heavy atom. The summed E-state index contributed by atoms with van der Waals surface area (Å²) in [5.74, 6) is -0.0963. The van der Waals surface area contributed by atoms with E-state index in [0.29, 0.717) is 24.3 Å². The Kier molecular flexibility index (Phi) is 2.74. The van der Waals surface area contributed by atoms with Crippen LogP contribution < -0.4 is 4.90 Å². The molecule has 0 bridgehead atoms. The number of aromatic hydroxyl groups is 1. The number of benzene rings is 1. The molecule has 2 heterocycles. The molecule has 1 aromatic carbocycles. The van der Waals surface area contributed by atoms with Crippen LogP contribution in [-0.4, -0.2) is 33.8 Å². The van der Waals surface area contributed by atoms with Crippen LogP contribution in [0.2, 0.25) is 0 Å². The number of nitrogens with zero attached hydrogens (tertiary/aromatic N) is 2. The van der Waals surface area contributed by atoms with E-state index in [1.54, 1.807) is 17.0 Å². The second-order valence-corrected chi connectivity index (χ2v) is 4.71. The highest BCUT2D eigenvalue weighted by molar-refractivity contribution is 5.86. The summed E-state index contributed by atoms with van der Waals surface area (Å²) in [7, 11) is 0. The van der Waals surface area contributed by atoms with Crippen molar-refractivity contribution in [3.63, 3.8) is 0 Å². The van der Waals surface area contributed by atoms with E-state index in [9.17, 15) is 15.0 Å². The van der Waals surface area contributed by atoms with Gasteiger partial charge in [0.1, 0.15) is 23.1 Å². The molecular formula is C14H14N2O3. The quantitative estimate of drug-likeness (QED) is 0.861. The van der Waals surface area contributed by atoms with Gasteiger partial charge in [-0.1, -0.05) is 12.1 Å². The summed E-state index contributed by atoms with van der Waals surface area (Å²) >= 11 is 0. The van der Waals surface area contributed by atoms with E-state index in [2.05, 4.69) is 4.98 Å². The molecule has 1 aliphatic rings. The zero-order chi connectivity index (χ0) is 13.4. The second kappa shape index (κ2) is 4.42. The number of hydrogen-bond acceptors (Lipinski definition) is 4. The lowest BCUT2D eigenvalue weighted by atomic mass is 10.2. The van der Waals surface area contributed by atoms with Gasteiger partial charge in [-0.15, -0.1) is 0 Å². The van der Waals surface area contributed by atoms with Crippen LogP contribution in [0.25, 0.3) is 10.9 Å². The molecule has 1 saturated heterocycles. The minimum Gasteiger partial charge on any atom is -0.506 e. The first kappa shape index (κ1) is 11.8. The van der Waals surface area contributed by atoms with Crippen LogP contribution in [0.1, 0.15) is 12.8 Å². The molecule has 1 fully saturated rings. The molecule has 1 aromatic heterocycles. The third-order valence-electron chi connectivity index (χ3n) is 3.52. The molecule has 0 radical (unpaired) electrons. The van der Waals surface area contributed by atoms with E-state index >= 15 is 0 Å². The van der Waals surface area contributed by atoms with Crippen molar-refractivity contribution in [2.24, 2.45) is 0 Å². The summed E-state index contributed by atoms with van der Waals surface area (Å²) in [5.41, 5.74) is 0.510. The van der Waals surface area contributed by atoms with Crippen LogP contribution in [0, 0.1) is 0 Å². The van der Waals surface area contributed by atoms with E-state index < -0.39 is 12.0 Å². The van der Waals surface area contributed by atoms with Gasteiger partial charge in [0, 0.05) is 11.9 Å². The predicted molar refractivity (Wildman–Crippen MR) is 71.4 cm³/mol. The molecule has 1 atom stereocenters. The third kappa shape index (κ3) is 1.97. The molecule has 3 rings (SSSR count). The maximum atomic E-state index is 11.2. The van der Waals surface area contributed by atoms with Crippen molar-refractivity contribution in [3.8, 4) is 5.75 Å². The molecule has 0 saturated carbocycles. The molecule has 0 spiro atoms.